The van der Waals surface area contributed by atoms with Crippen LogP contribution in [0.1, 0.15) is 17.0 Å². The quantitative estimate of drug-likeness (QED) is 0.691. The van der Waals surface area contributed by atoms with Crippen LogP contribution in [0.5, 0.6) is 0 Å². The molecule has 1 aliphatic rings. The summed E-state index contributed by atoms with van der Waals surface area (Å²) in [5.41, 5.74) is 1.20. The lowest BCUT2D eigenvalue weighted by Gasteiger charge is -2.21. The molecule has 1 aliphatic heterocycles. The fraction of sp³-hybridized carbons (Fsp3) is 0.412. The van der Waals surface area contributed by atoms with E-state index in [1.807, 2.05) is 30.8 Å². The Morgan fingerprint density at radius 1 is 1.43 bits per heavy atom. The van der Waals surface area contributed by atoms with E-state index in [-0.39, 0.29) is 5.82 Å². The fourth-order valence-electron chi connectivity index (χ4n) is 2.97. The highest BCUT2D eigenvalue weighted by molar-refractivity contribution is 7.09. The summed E-state index contributed by atoms with van der Waals surface area (Å²) < 4.78 is 13.0. The molecule has 1 fully saturated rings. The van der Waals surface area contributed by atoms with Gasteiger partial charge < -0.3 is 10.2 Å². The van der Waals surface area contributed by atoms with Crippen LogP contribution >= 0.6 is 11.3 Å². The Kier molecular flexibility index (Phi) is 5.23. The molecular formula is C17H21FN4S. The van der Waals surface area contributed by atoms with Crippen molar-refractivity contribution in [2.75, 3.05) is 20.1 Å². The normalized spacial score (nSPS) is 18.4. The molecule has 0 radical (unpaired) electrons. The van der Waals surface area contributed by atoms with Gasteiger partial charge in [-0.25, -0.2) is 9.37 Å². The zero-order chi connectivity index (χ0) is 16.1. The molecule has 1 N–H and O–H groups in total. The van der Waals surface area contributed by atoms with Gasteiger partial charge in [0.25, 0.3) is 0 Å². The van der Waals surface area contributed by atoms with Crippen molar-refractivity contribution < 1.29 is 4.39 Å². The molecule has 0 saturated carbocycles. The third-order valence-electron chi connectivity index (χ3n) is 4.12. The Morgan fingerprint density at radius 3 is 2.96 bits per heavy atom. The molecule has 0 bridgehead atoms. The molecule has 0 spiro atoms. The average molecular weight is 332 g/mol. The van der Waals surface area contributed by atoms with Gasteiger partial charge >= 0.3 is 0 Å². The van der Waals surface area contributed by atoms with Crippen molar-refractivity contribution in [2.45, 2.75) is 19.4 Å². The number of likely N-dealkylation sites (tertiary alicyclic amines) is 1. The molecule has 1 atom stereocenters. The van der Waals surface area contributed by atoms with Crippen molar-refractivity contribution in [1.82, 2.24) is 15.2 Å². The standard InChI is InChI=1S/C17H21FN4S/c1-19-17(21-11-16-20-7-9-23-16)22-8-6-14(12-22)10-13-2-4-15(18)5-3-13/h2-5,7,9,14H,6,8,10-12H2,1H3,(H,19,21). The van der Waals surface area contributed by atoms with E-state index in [1.54, 1.807) is 11.3 Å². The van der Waals surface area contributed by atoms with Crippen molar-refractivity contribution >= 4 is 17.3 Å². The molecule has 1 saturated heterocycles. The summed E-state index contributed by atoms with van der Waals surface area (Å²) in [5.74, 6) is 1.34. The number of nitrogens with zero attached hydrogens (tertiary/aromatic N) is 3. The number of thiazole rings is 1. The minimum absolute atomic E-state index is 0.173. The number of benzene rings is 1. The summed E-state index contributed by atoms with van der Waals surface area (Å²) in [6.07, 6.45) is 3.94. The molecular weight excluding hydrogens is 311 g/mol. The van der Waals surface area contributed by atoms with Crippen LogP contribution in [0, 0.1) is 11.7 Å². The molecule has 2 aromatic rings. The molecule has 0 aliphatic carbocycles. The van der Waals surface area contributed by atoms with E-state index in [9.17, 15) is 4.39 Å². The lowest BCUT2D eigenvalue weighted by atomic mass is 9.99. The van der Waals surface area contributed by atoms with Crippen LogP contribution in [0.2, 0.25) is 0 Å². The summed E-state index contributed by atoms with van der Waals surface area (Å²) in [6.45, 7) is 2.70. The van der Waals surface area contributed by atoms with Gasteiger partial charge in [-0.05, 0) is 36.5 Å². The molecule has 4 nitrogen and oxygen atoms in total. The topological polar surface area (TPSA) is 40.5 Å². The summed E-state index contributed by atoms with van der Waals surface area (Å²) >= 11 is 1.64. The Labute approximate surface area is 140 Å². The number of nitrogens with one attached hydrogen (secondary N) is 1. The molecule has 23 heavy (non-hydrogen) atoms. The first kappa shape index (κ1) is 15.9. The number of halogens is 1. The Morgan fingerprint density at radius 2 is 2.26 bits per heavy atom. The lowest BCUT2D eigenvalue weighted by molar-refractivity contribution is 0.459. The monoisotopic (exact) mass is 332 g/mol. The van der Waals surface area contributed by atoms with Gasteiger partial charge in [0, 0.05) is 31.7 Å². The van der Waals surface area contributed by atoms with E-state index in [0.717, 1.165) is 36.9 Å². The van der Waals surface area contributed by atoms with Crippen LogP contribution in [-0.2, 0) is 13.0 Å². The molecule has 0 amide bonds. The smallest absolute Gasteiger partial charge is 0.194 e. The maximum atomic E-state index is 13.0. The first-order valence-electron chi connectivity index (χ1n) is 7.83. The Bertz CT molecular complexity index is 639. The summed E-state index contributed by atoms with van der Waals surface area (Å²) in [4.78, 5) is 11.0. The van der Waals surface area contributed by atoms with Crippen molar-refractivity contribution in [3.63, 3.8) is 0 Å². The summed E-state index contributed by atoms with van der Waals surface area (Å²) in [5, 5.41) is 6.42. The van der Waals surface area contributed by atoms with Gasteiger partial charge in [0.1, 0.15) is 10.8 Å². The fourth-order valence-corrected chi connectivity index (χ4v) is 3.53. The number of aromatic nitrogens is 1. The molecule has 1 aromatic carbocycles. The predicted molar refractivity (Wildman–Crippen MR) is 92.1 cm³/mol. The maximum Gasteiger partial charge on any atom is 0.194 e. The molecule has 1 unspecified atom stereocenters. The van der Waals surface area contributed by atoms with Gasteiger partial charge in [0.15, 0.2) is 5.96 Å². The first-order valence-corrected chi connectivity index (χ1v) is 8.71. The molecule has 3 rings (SSSR count). The van der Waals surface area contributed by atoms with Crippen LogP contribution in [-0.4, -0.2) is 36.0 Å². The predicted octanol–water partition coefficient (Wildman–Crippen LogP) is 2.92. The van der Waals surface area contributed by atoms with Gasteiger partial charge in [0.2, 0.25) is 0 Å². The second-order valence-corrected chi connectivity index (χ2v) is 6.74. The lowest BCUT2D eigenvalue weighted by Crippen LogP contribution is -2.39. The number of hydrogen-bond donors (Lipinski definition) is 1. The third kappa shape index (κ3) is 4.28. The van der Waals surface area contributed by atoms with E-state index < -0.39 is 0 Å². The van der Waals surface area contributed by atoms with E-state index in [2.05, 4.69) is 20.2 Å². The minimum atomic E-state index is -0.173. The van der Waals surface area contributed by atoms with E-state index >= 15 is 0 Å². The van der Waals surface area contributed by atoms with E-state index in [4.69, 9.17) is 0 Å². The van der Waals surface area contributed by atoms with Gasteiger partial charge in [-0.2, -0.15) is 0 Å². The molecule has 2 heterocycles. The van der Waals surface area contributed by atoms with Crippen LogP contribution in [0.3, 0.4) is 0 Å². The van der Waals surface area contributed by atoms with Crippen molar-refractivity contribution in [3.8, 4) is 0 Å². The highest BCUT2D eigenvalue weighted by atomic mass is 32.1. The zero-order valence-electron chi connectivity index (χ0n) is 13.2. The van der Waals surface area contributed by atoms with Crippen LogP contribution in [0.4, 0.5) is 4.39 Å². The van der Waals surface area contributed by atoms with Gasteiger partial charge in [-0.15, -0.1) is 11.3 Å². The van der Waals surface area contributed by atoms with E-state index in [1.165, 1.54) is 17.7 Å². The van der Waals surface area contributed by atoms with E-state index in [0.29, 0.717) is 12.5 Å². The van der Waals surface area contributed by atoms with Crippen LogP contribution < -0.4 is 5.32 Å². The summed E-state index contributed by atoms with van der Waals surface area (Å²) in [6, 6.07) is 6.84. The number of hydrogen-bond acceptors (Lipinski definition) is 3. The Balaban J connectivity index is 1.52. The second kappa shape index (κ2) is 7.55. The van der Waals surface area contributed by atoms with Gasteiger partial charge in [-0.3, -0.25) is 4.99 Å². The average Bonchev–Trinajstić information content (AvgIpc) is 3.22. The largest absolute Gasteiger partial charge is 0.350 e. The van der Waals surface area contributed by atoms with Gasteiger partial charge in [-0.1, -0.05) is 12.1 Å². The molecule has 6 heteroatoms. The maximum absolute atomic E-state index is 13.0. The van der Waals surface area contributed by atoms with Crippen molar-refractivity contribution in [1.29, 1.82) is 0 Å². The molecule has 1 aromatic heterocycles. The van der Waals surface area contributed by atoms with Crippen molar-refractivity contribution in [3.05, 3.63) is 52.2 Å². The van der Waals surface area contributed by atoms with Crippen LogP contribution in [0.25, 0.3) is 0 Å². The first-order chi connectivity index (χ1) is 11.2. The third-order valence-corrected chi connectivity index (χ3v) is 4.90. The minimum Gasteiger partial charge on any atom is -0.350 e. The molecule has 122 valence electrons. The van der Waals surface area contributed by atoms with Crippen LogP contribution in [0.15, 0.2) is 40.8 Å². The van der Waals surface area contributed by atoms with Crippen molar-refractivity contribution in [2.24, 2.45) is 10.9 Å². The SMILES string of the molecule is CN=C(NCc1nccs1)N1CCC(Cc2ccc(F)cc2)C1. The zero-order valence-corrected chi connectivity index (χ0v) is 14.0. The Hall–Kier alpha value is -1.95. The number of rotatable bonds is 4. The van der Waals surface area contributed by atoms with Gasteiger partial charge in [0.05, 0.1) is 6.54 Å². The second-order valence-electron chi connectivity index (χ2n) is 5.76. The summed E-state index contributed by atoms with van der Waals surface area (Å²) in [7, 11) is 1.82. The number of aliphatic imine (C=N–C) groups is 1. The number of guanidine groups is 1. The highest BCUT2D eigenvalue weighted by Crippen LogP contribution is 2.21. The highest BCUT2D eigenvalue weighted by Gasteiger charge is 2.25.